The molecule has 0 atom stereocenters. The number of sulfonamides is 1. The highest BCUT2D eigenvalue weighted by Gasteiger charge is 2.29. The van der Waals surface area contributed by atoms with Crippen molar-refractivity contribution in [2.75, 3.05) is 18.4 Å². The van der Waals surface area contributed by atoms with Gasteiger partial charge in [-0.25, -0.2) is 8.42 Å². The molecule has 0 unspecified atom stereocenters. The third kappa shape index (κ3) is 5.05. The highest BCUT2D eigenvalue weighted by Crippen LogP contribution is 2.31. The number of halogens is 1. The van der Waals surface area contributed by atoms with Crippen LogP contribution in [0, 0.1) is 0 Å². The first-order valence-electron chi connectivity index (χ1n) is 10.8. The molecule has 2 fully saturated rings. The zero-order valence-electron chi connectivity index (χ0n) is 17.3. The van der Waals surface area contributed by atoms with E-state index in [-0.39, 0.29) is 21.6 Å². The quantitative estimate of drug-likeness (QED) is 0.648. The van der Waals surface area contributed by atoms with Crippen LogP contribution in [0.15, 0.2) is 47.4 Å². The standard InChI is InChI=1S/C23H27ClN2O4S/c24-19-13-12-17(16-22(19)31(28,29)26-14-6-1-7-15-26)23(27)25-20-10-4-5-11-21(20)30-18-8-2-3-9-18/h4-5,10-13,16,18H,1-3,6-9,14-15H2,(H,25,27). The monoisotopic (exact) mass is 462 g/mol. The van der Waals surface area contributed by atoms with Gasteiger partial charge in [0.2, 0.25) is 10.0 Å². The lowest BCUT2D eigenvalue weighted by atomic mass is 10.2. The Morgan fingerprint density at radius 2 is 1.71 bits per heavy atom. The molecule has 1 saturated heterocycles. The number of amides is 1. The van der Waals surface area contributed by atoms with Crippen LogP contribution in [-0.4, -0.2) is 37.8 Å². The average molecular weight is 463 g/mol. The molecule has 2 aromatic carbocycles. The molecule has 31 heavy (non-hydrogen) atoms. The van der Waals surface area contributed by atoms with E-state index in [0.29, 0.717) is 24.5 Å². The van der Waals surface area contributed by atoms with Gasteiger partial charge in [-0.1, -0.05) is 30.2 Å². The summed E-state index contributed by atoms with van der Waals surface area (Å²) >= 11 is 6.23. The van der Waals surface area contributed by atoms with Crippen molar-refractivity contribution in [2.45, 2.75) is 55.9 Å². The van der Waals surface area contributed by atoms with Crippen LogP contribution in [0.4, 0.5) is 5.69 Å². The lowest BCUT2D eigenvalue weighted by Crippen LogP contribution is -2.35. The minimum Gasteiger partial charge on any atom is -0.488 e. The maximum atomic E-state index is 13.1. The molecule has 0 bridgehead atoms. The molecule has 0 aromatic heterocycles. The summed E-state index contributed by atoms with van der Waals surface area (Å²) in [7, 11) is -3.75. The van der Waals surface area contributed by atoms with Gasteiger partial charge in [0.25, 0.3) is 5.91 Å². The van der Waals surface area contributed by atoms with E-state index >= 15 is 0 Å². The molecule has 1 N–H and O–H groups in total. The Hall–Kier alpha value is -2.09. The van der Waals surface area contributed by atoms with Crippen LogP contribution >= 0.6 is 11.6 Å². The molecule has 2 aromatic rings. The van der Waals surface area contributed by atoms with E-state index in [2.05, 4.69) is 5.32 Å². The number of nitrogens with zero attached hydrogens (tertiary/aromatic N) is 1. The molecule has 2 aliphatic rings. The van der Waals surface area contributed by atoms with Gasteiger partial charge in [0.15, 0.2) is 0 Å². The number of ether oxygens (including phenoxy) is 1. The maximum absolute atomic E-state index is 13.1. The Labute approximate surface area is 188 Å². The van der Waals surface area contributed by atoms with Gasteiger partial charge >= 0.3 is 0 Å². The zero-order chi connectivity index (χ0) is 21.8. The second-order valence-corrected chi connectivity index (χ2v) is 10.4. The van der Waals surface area contributed by atoms with Crippen LogP contribution in [0.3, 0.4) is 0 Å². The fourth-order valence-corrected chi connectivity index (χ4v) is 6.16. The van der Waals surface area contributed by atoms with Gasteiger partial charge < -0.3 is 10.1 Å². The van der Waals surface area contributed by atoms with E-state index < -0.39 is 15.9 Å². The third-order valence-electron chi connectivity index (χ3n) is 5.86. The number of hydrogen-bond donors (Lipinski definition) is 1. The summed E-state index contributed by atoms with van der Waals surface area (Å²) < 4.78 is 33.7. The van der Waals surface area contributed by atoms with Crippen molar-refractivity contribution in [3.05, 3.63) is 53.1 Å². The van der Waals surface area contributed by atoms with E-state index in [9.17, 15) is 13.2 Å². The first-order valence-corrected chi connectivity index (χ1v) is 12.6. The van der Waals surface area contributed by atoms with Crippen LogP contribution < -0.4 is 10.1 Å². The van der Waals surface area contributed by atoms with Crippen LogP contribution in [0.5, 0.6) is 5.75 Å². The summed E-state index contributed by atoms with van der Waals surface area (Å²) in [6.07, 6.45) is 7.16. The minimum absolute atomic E-state index is 0.0285. The molecule has 4 rings (SSSR count). The Morgan fingerprint density at radius 3 is 2.45 bits per heavy atom. The Balaban J connectivity index is 1.55. The summed E-state index contributed by atoms with van der Waals surface area (Å²) in [4.78, 5) is 12.9. The molecule has 8 heteroatoms. The minimum atomic E-state index is -3.75. The van der Waals surface area contributed by atoms with E-state index in [1.165, 1.54) is 22.5 Å². The number of para-hydroxylation sites is 2. The molecule has 6 nitrogen and oxygen atoms in total. The van der Waals surface area contributed by atoms with Gasteiger partial charge in [0, 0.05) is 18.7 Å². The number of anilines is 1. The van der Waals surface area contributed by atoms with E-state index in [1.54, 1.807) is 6.07 Å². The number of carbonyl (C=O) groups is 1. The second-order valence-electron chi connectivity index (χ2n) is 8.08. The SMILES string of the molecule is O=C(Nc1ccccc1OC1CCCC1)c1ccc(Cl)c(S(=O)(=O)N2CCCCC2)c1. The zero-order valence-corrected chi connectivity index (χ0v) is 18.9. The third-order valence-corrected chi connectivity index (χ3v) is 8.24. The average Bonchev–Trinajstić information content (AvgIpc) is 3.29. The van der Waals surface area contributed by atoms with Crippen molar-refractivity contribution in [1.82, 2.24) is 4.31 Å². The number of carbonyl (C=O) groups excluding carboxylic acids is 1. The topological polar surface area (TPSA) is 75.7 Å². The predicted octanol–water partition coefficient (Wildman–Crippen LogP) is 5.09. The lowest BCUT2D eigenvalue weighted by Gasteiger charge is -2.26. The Morgan fingerprint density at radius 1 is 1.00 bits per heavy atom. The predicted molar refractivity (Wildman–Crippen MR) is 121 cm³/mol. The van der Waals surface area contributed by atoms with E-state index in [1.807, 2.05) is 18.2 Å². The van der Waals surface area contributed by atoms with Gasteiger partial charge in [-0.15, -0.1) is 0 Å². The highest BCUT2D eigenvalue weighted by atomic mass is 35.5. The summed E-state index contributed by atoms with van der Waals surface area (Å²) in [5.41, 5.74) is 0.797. The summed E-state index contributed by atoms with van der Waals surface area (Å²) in [6, 6.07) is 11.7. The molecule has 1 amide bonds. The van der Waals surface area contributed by atoms with Gasteiger partial charge in [-0.3, -0.25) is 4.79 Å². The van der Waals surface area contributed by atoms with Gasteiger partial charge in [-0.2, -0.15) is 4.31 Å². The molecule has 166 valence electrons. The molecule has 0 spiro atoms. The fraction of sp³-hybridized carbons (Fsp3) is 0.435. The lowest BCUT2D eigenvalue weighted by molar-refractivity contribution is 0.102. The van der Waals surface area contributed by atoms with Crippen molar-refractivity contribution < 1.29 is 17.9 Å². The summed E-state index contributed by atoms with van der Waals surface area (Å²) in [6.45, 7) is 0.946. The molecule has 1 aliphatic carbocycles. The molecule has 0 radical (unpaired) electrons. The molecule has 1 saturated carbocycles. The van der Waals surface area contributed by atoms with Crippen molar-refractivity contribution in [3.8, 4) is 5.75 Å². The van der Waals surface area contributed by atoms with Gasteiger partial charge in [-0.05, 0) is 68.9 Å². The largest absolute Gasteiger partial charge is 0.488 e. The van der Waals surface area contributed by atoms with E-state index in [0.717, 1.165) is 44.9 Å². The van der Waals surface area contributed by atoms with Crippen LogP contribution in [0.25, 0.3) is 0 Å². The molecule has 1 aliphatic heterocycles. The molecular weight excluding hydrogens is 436 g/mol. The summed E-state index contributed by atoms with van der Waals surface area (Å²) in [5, 5.41) is 2.98. The first kappa shape index (κ1) is 22.1. The van der Waals surface area contributed by atoms with Crippen LogP contribution in [0.1, 0.15) is 55.3 Å². The van der Waals surface area contributed by atoms with Crippen molar-refractivity contribution in [2.24, 2.45) is 0 Å². The molecule has 1 heterocycles. The van der Waals surface area contributed by atoms with Crippen molar-refractivity contribution in [1.29, 1.82) is 0 Å². The van der Waals surface area contributed by atoms with Crippen LogP contribution in [-0.2, 0) is 10.0 Å². The second kappa shape index (κ2) is 9.59. The van der Waals surface area contributed by atoms with Gasteiger partial charge in [0.05, 0.1) is 16.8 Å². The Kier molecular flexibility index (Phi) is 6.84. The smallest absolute Gasteiger partial charge is 0.255 e. The maximum Gasteiger partial charge on any atom is 0.255 e. The number of rotatable bonds is 6. The van der Waals surface area contributed by atoms with Crippen molar-refractivity contribution in [3.63, 3.8) is 0 Å². The highest BCUT2D eigenvalue weighted by molar-refractivity contribution is 7.89. The van der Waals surface area contributed by atoms with Crippen molar-refractivity contribution >= 4 is 33.2 Å². The van der Waals surface area contributed by atoms with E-state index in [4.69, 9.17) is 16.3 Å². The summed E-state index contributed by atoms with van der Waals surface area (Å²) in [5.74, 6) is 0.215. The Bertz CT molecular complexity index is 1050. The number of hydrogen-bond acceptors (Lipinski definition) is 4. The number of piperidine rings is 1. The molecular formula is C23H27ClN2O4S. The fourth-order valence-electron chi connectivity index (χ4n) is 4.14. The van der Waals surface area contributed by atoms with Crippen LogP contribution in [0.2, 0.25) is 5.02 Å². The van der Waals surface area contributed by atoms with Gasteiger partial charge in [0.1, 0.15) is 10.6 Å². The normalized spacial score (nSPS) is 18.1. The number of nitrogens with one attached hydrogen (secondary N) is 1. The number of benzene rings is 2. The first-order chi connectivity index (χ1) is 14.9.